The van der Waals surface area contributed by atoms with Crippen molar-refractivity contribution in [1.82, 2.24) is 10.3 Å². The van der Waals surface area contributed by atoms with Crippen LogP contribution < -0.4 is 11.1 Å². The Balaban J connectivity index is 2.39. The summed E-state index contributed by atoms with van der Waals surface area (Å²) in [6.07, 6.45) is 0.865. The molecule has 3 N–H and O–H groups in total. The molecule has 0 fully saturated rings. The van der Waals surface area contributed by atoms with E-state index >= 15 is 0 Å². The number of nitrogens with one attached hydrogen (secondary N) is 1. The van der Waals surface area contributed by atoms with E-state index in [9.17, 15) is 0 Å². The van der Waals surface area contributed by atoms with E-state index in [-0.39, 0.29) is 5.41 Å². The number of nitrogens with two attached hydrogens (primary N) is 1. The van der Waals surface area contributed by atoms with Crippen molar-refractivity contribution in [3.63, 3.8) is 0 Å². The minimum atomic E-state index is 0.115. The predicted molar refractivity (Wildman–Crippen MR) is 83.8 cm³/mol. The molecule has 0 aliphatic rings. The summed E-state index contributed by atoms with van der Waals surface area (Å²) in [5.41, 5.74) is 8.01. The third kappa shape index (κ3) is 5.87. The van der Waals surface area contributed by atoms with Gasteiger partial charge in [-0.2, -0.15) is 0 Å². The Hall–Kier alpha value is -1.36. The Labute approximate surface area is 119 Å². The molecule has 0 radical (unpaired) electrons. The summed E-state index contributed by atoms with van der Waals surface area (Å²) in [5.74, 6) is 0.468. The third-order valence-electron chi connectivity index (χ3n) is 2.48. The Morgan fingerprint density at radius 3 is 2.74 bits per heavy atom. The van der Waals surface area contributed by atoms with Gasteiger partial charge in [-0.1, -0.05) is 32.9 Å². The van der Waals surface area contributed by atoms with Gasteiger partial charge in [0.2, 0.25) is 0 Å². The number of rotatable bonds is 5. The molecule has 5 heteroatoms. The van der Waals surface area contributed by atoms with Gasteiger partial charge < -0.3 is 11.1 Å². The number of thiazole rings is 1. The molecule has 1 rings (SSSR count). The van der Waals surface area contributed by atoms with Gasteiger partial charge in [-0.15, -0.1) is 11.3 Å². The number of hydrogen-bond acceptors (Lipinski definition) is 3. The largest absolute Gasteiger partial charge is 0.370 e. The van der Waals surface area contributed by atoms with Crippen molar-refractivity contribution < 1.29 is 0 Å². The molecule has 0 saturated carbocycles. The number of aromatic nitrogens is 1. The van der Waals surface area contributed by atoms with Gasteiger partial charge in [0.1, 0.15) is 0 Å². The highest BCUT2D eigenvalue weighted by Crippen LogP contribution is 2.23. The summed E-state index contributed by atoms with van der Waals surface area (Å²) >= 11 is 1.70. The van der Waals surface area contributed by atoms with Crippen LogP contribution in [0.15, 0.2) is 22.5 Å². The molecule has 0 aromatic carbocycles. The van der Waals surface area contributed by atoms with Crippen molar-refractivity contribution in [2.24, 2.45) is 10.7 Å². The summed E-state index contributed by atoms with van der Waals surface area (Å²) in [6, 6.07) is 0. The minimum absolute atomic E-state index is 0.115. The number of hydrogen-bond donors (Lipinski definition) is 2. The molecular weight excluding hydrogens is 256 g/mol. The lowest BCUT2D eigenvalue weighted by Gasteiger charge is -2.14. The van der Waals surface area contributed by atoms with Crippen molar-refractivity contribution in [3.8, 4) is 0 Å². The molecule has 0 unspecified atom stereocenters. The van der Waals surface area contributed by atoms with Gasteiger partial charge in [-0.05, 0) is 6.92 Å². The third-order valence-corrected chi connectivity index (χ3v) is 3.39. The average Bonchev–Trinajstić information content (AvgIpc) is 2.74. The Morgan fingerprint density at radius 2 is 2.21 bits per heavy atom. The van der Waals surface area contributed by atoms with E-state index in [0.29, 0.717) is 12.5 Å². The summed E-state index contributed by atoms with van der Waals surface area (Å²) < 4.78 is 0. The fourth-order valence-electron chi connectivity index (χ4n) is 1.34. The van der Waals surface area contributed by atoms with Gasteiger partial charge in [-0.25, -0.2) is 9.98 Å². The summed E-state index contributed by atoms with van der Waals surface area (Å²) in [5, 5.41) is 6.35. The summed E-state index contributed by atoms with van der Waals surface area (Å²) in [6.45, 7) is 13.6. The first-order valence-corrected chi connectivity index (χ1v) is 7.30. The maximum Gasteiger partial charge on any atom is 0.188 e. The number of aliphatic imine (C=N–C) groups is 1. The molecule has 0 spiro atoms. The van der Waals surface area contributed by atoms with Crippen molar-refractivity contribution in [2.45, 2.75) is 39.5 Å². The number of guanidine groups is 1. The van der Waals surface area contributed by atoms with Gasteiger partial charge in [0.15, 0.2) is 5.96 Å². The normalized spacial score (nSPS) is 12.5. The molecule has 19 heavy (non-hydrogen) atoms. The van der Waals surface area contributed by atoms with Crippen molar-refractivity contribution in [3.05, 3.63) is 28.2 Å². The first kappa shape index (κ1) is 15.7. The van der Waals surface area contributed by atoms with E-state index in [1.807, 2.05) is 6.92 Å². The monoisotopic (exact) mass is 280 g/mol. The van der Waals surface area contributed by atoms with Crippen molar-refractivity contribution in [2.75, 3.05) is 13.1 Å². The molecule has 0 aliphatic carbocycles. The van der Waals surface area contributed by atoms with E-state index in [2.05, 4.69) is 48.0 Å². The second-order valence-corrected chi connectivity index (χ2v) is 6.65. The Kier molecular flexibility index (Phi) is 5.54. The van der Waals surface area contributed by atoms with Crippen LogP contribution in [0.25, 0.3) is 0 Å². The lowest BCUT2D eigenvalue weighted by molar-refractivity contribution is 0.570. The van der Waals surface area contributed by atoms with Crippen LogP contribution in [0.2, 0.25) is 0 Å². The fourth-order valence-corrected chi connectivity index (χ4v) is 2.37. The van der Waals surface area contributed by atoms with Crippen LogP contribution in [0.3, 0.4) is 0 Å². The van der Waals surface area contributed by atoms with Gasteiger partial charge in [0.05, 0.1) is 17.2 Å². The van der Waals surface area contributed by atoms with E-state index < -0.39 is 0 Å². The molecule has 0 amide bonds. The summed E-state index contributed by atoms with van der Waals surface area (Å²) in [4.78, 5) is 8.80. The number of nitrogens with zero attached hydrogens (tertiary/aromatic N) is 2. The van der Waals surface area contributed by atoms with Crippen LogP contribution in [0.1, 0.15) is 38.4 Å². The predicted octanol–water partition coefficient (Wildman–Crippen LogP) is 2.46. The molecule has 4 nitrogen and oxygen atoms in total. The topological polar surface area (TPSA) is 63.3 Å². The minimum Gasteiger partial charge on any atom is -0.370 e. The van der Waals surface area contributed by atoms with E-state index in [0.717, 1.165) is 29.2 Å². The van der Waals surface area contributed by atoms with Gasteiger partial charge in [0, 0.05) is 23.8 Å². The molecule has 106 valence electrons. The SMILES string of the molecule is C=C(C)CN=C(N)NCCc1nc(C(C)(C)C)cs1. The molecule has 0 atom stereocenters. The molecule has 0 aliphatic heterocycles. The highest BCUT2D eigenvalue weighted by atomic mass is 32.1. The zero-order chi connectivity index (χ0) is 14.5. The fraction of sp³-hybridized carbons (Fsp3) is 0.571. The Bertz CT molecular complexity index is 454. The second-order valence-electron chi connectivity index (χ2n) is 5.71. The highest BCUT2D eigenvalue weighted by Gasteiger charge is 2.17. The van der Waals surface area contributed by atoms with Crippen LogP contribution in [-0.2, 0) is 11.8 Å². The first-order valence-electron chi connectivity index (χ1n) is 6.42. The first-order chi connectivity index (χ1) is 8.79. The van der Waals surface area contributed by atoms with E-state index in [4.69, 9.17) is 5.73 Å². The van der Waals surface area contributed by atoms with Crippen LogP contribution in [0.5, 0.6) is 0 Å². The van der Waals surface area contributed by atoms with Crippen molar-refractivity contribution >= 4 is 17.3 Å². The molecular formula is C14H24N4S. The van der Waals surface area contributed by atoms with Crippen LogP contribution >= 0.6 is 11.3 Å². The molecule has 1 heterocycles. The quantitative estimate of drug-likeness (QED) is 0.495. The van der Waals surface area contributed by atoms with E-state index in [1.165, 1.54) is 0 Å². The molecule has 0 bridgehead atoms. The van der Waals surface area contributed by atoms with Crippen LogP contribution in [0.4, 0.5) is 0 Å². The van der Waals surface area contributed by atoms with Gasteiger partial charge >= 0.3 is 0 Å². The molecule has 1 aromatic rings. The van der Waals surface area contributed by atoms with Gasteiger partial charge in [-0.3, -0.25) is 0 Å². The van der Waals surface area contributed by atoms with Crippen molar-refractivity contribution in [1.29, 1.82) is 0 Å². The average molecular weight is 280 g/mol. The van der Waals surface area contributed by atoms with E-state index in [1.54, 1.807) is 11.3 Å². The summed E-state index contributed by atoms with van der Waals surface area (Å²) in [7, 11) is 0. The lowest BCUT2D eigenvalue weighted by atomic mass is 9.93. The standard InChI is InChI=1S/C14H24N4S/c1-10(2)8-17-13(15)16-7-6-12-18-11(9-19-12)14(3,4)5/h9H,1,6-8H2,2-5H3,(H3,15,16,17). The maximum atomic E-state index is 5.74. The Morgan fingerprint density at radius 1 is 1.53 bits per heavy atom. The maximum absolute atomic E-state index is 5.74. The van der Waals surface area contributed by atoms with Crippen LogP contribution in [0, 0.1) is 0 Å². The zero-order valence-corrected chi connectivity index (χ0v) is 13.1. The van der Waals surface area contributed by atoms with Crippen LogP contribution in [-0.4, -0.2) is 24.0 Å². The smallest absolute Gasteiger partial charge is 0.188 e. The molecule has 1 aromatic heterocycles. The molecule has 0 saturated heterocycles. The second kappa shape index (κ2) is 6.70. The highest BCUT2D eigenvalue weighted by molar-refractivity contribution is 7.09. The lowest BCUT2D eigenvalue weighted by Crippen LogP contribution is -2.33. The van der Waals surface area contributed by atoms with Gasteiger partial charge in [0.25, 0.3) is 0 Å². The zero-order valence-electron chi connectivity index (χ0n) is 12.3.